The molecule has 4 aromatic rings. The number of hydrogen-bond acceptors (Lipinski definition) is 5. The van der Waals surface area contributed by atoms with Crippen LogP contribution in [0.5, 0.6) is 0 Å². The highest BCUT2D eigenvalue weighted by Gasteiger charge is 2.30. The number of fused-ring (bicyclic) bond motifs is 1. The van der Waals surface area contributed by atoms with Gasteiger partial charge in [-0.25, -0.2) is 4.98 Å². The zero-order chi connectivity index (χ0) is 22.1. The van der Waals surface area contributed by atoms with Crippen molar-refractivity contribution in [3.8, 4) is 0 Å². The van der Waals surface area contributed by atoms with Gasteiger partial charge >= 0.3 is 0 Å². The van der Waals surface area contributed by atoms with E-state index in [-0.39, 0.29) is 11.9 Å². The predicted molar refractivity (Wildman–Crippen MR) is 131 cm³/mol. The lowest BCUT2D eigenvalue weighted by Crippen LogP contribution is -2.54. The van der Waals surface area contributed by atoms with E-state index in [2.05, 4.69) is 59.5 Å². The molecule has 5 nitrogen and oxygen atoms in total. The lowest BCUT2D eigenvalue weighted by atomic mass is 10.0. The minimum absolute atomic E-state index is 0.0969. The fourth-order valence-electron chi connectivity index (χ4n) is 4.33. The largest absolute Gasteiger partial charge is 0.343 e. The third kappa shape index (κ3) is 4.10. The van der Waals surface area contributed by atoms with Crippen LogP contribution in [0.15, 0.2) is 66.7 Å². The Morgan fingerprint density at radius 1 is 1.03 bits per heavy atom. The molecule has 1 aromatic heterocycles. The van der Waals surface area contributed by atoms with Crippen LogP contribution in [0.2, 0.25) is 0 Å². The molecule has 32 heavy (non-hydrogen) atoms. The van der Waals surface area contributed by atoms with Gasteiger partial charge in [-0.15, -0.1) is 0 Å². The van der Waals surface area contributed by atoms with Crippen molar-refractivity contribution in [2.75, 3.05) is 24.5 Å². The van der Waals surface area contributed by atoms with E-state index in [9.17, 15) is 4.79 Å². The topological polar surface area (TPSA) is 49.3 Å². The molecule has 1 saturated heterocycles. The number of rotatable bonds is 4. The molecule has 0 saturated carbocycles. The summed E-state index contributed by atoms with van der Waals surface area (Å²) in [6, 6.07) is 22.6. The van der Waals surface area contributed by atoms with Crippen LogP contribution in [-0.4, -0.2) is 45.8 Å². The van der Waals surface area contributed by atoms with Gasteiger partial charge in [0.2, 0.25) is 5.13 Å². The van der Waals surface area contributed by atoms with Crippen molar-refractivity contribution < 1.29 is 4.79 Å². The number of aromatic nitrogens is 2. The molecule has 0 aliphatic carbocycles. The maximum Gasteiger partial charge on any atom is 0.254 e. The van der Waals surface area contributed by atoms with Crippen LogP contribution >= 0.6 is 11.5 Å². The lowest BCUT2D eigenvalue weighted by molar-refractivity contribution is 0.0676. The van der Waals surface area contributed by atoms with Gasteiger partial charge in [-0.1, -0.05) is 66.2 Å². The highest BCUT2D eigenvalue weighted by atomic mass is 32.1. The Morgan fingerprint density at radius 2 is 1.81 bits per heavy atom. The molecule has 3 aromatic carbocycles. The van der Waals surface area contributed by atoms with Crippen LogP contribution in [-0.2, 0) is 6.42 Å². The van der Waals surface area contributed by atoms with Crippen molar-refractivity contribution >= 4 is 33.3 Å². The van der Waals surface area contributed by atoms with E-state index < -0.39 is 0 Å². The molecule has 1 amide bonds. The number of hydrogen-bond donors (Lipinski definition) is 0. The highest BCUT2D eigenvalue weighted by Crippen LogP contribution is 2.25. The molecule has 0 spiro atoms. The number of benzene rings is 3. The van der Waals surface area contributed by atoms with Gasteiger partial charge in [-0.2, -0.15) is 4.37 Å². The van der Waals surface area contributed by atoms with Crippen molar-refractivity contribution in [1.82, 2.24) is 14.3 Å². The average Bonchev–Trinajstić information content (AvgIpc) is 3.28. The van der Waals surface area contributed by atoms with Crippen LogP contribution in [0.25, 0.3) is 10.8 Å². The van der Waals surface area contributed by atoms with E-state index in [1.54, 1.807) is 0 Å². The summed E-state index contributed by atoms with van der Waals surface area (Å²) in [5.41, 5.74) is 3.25. The maximum absolute atomic E-state index is 13.4. The molecule has 5 rings (SSSR count). The number of carbonyl (C=O) groups is 1. The van der Waals surface area contributed by atoms with E-state index in [0.717, 1.165) is 46.8 Å². The molecule has 1 aliphatic rings. The molecule has 1 unspecified atom stereocenters. The Kier molecular flexibility index (Phi) is 5.62. The van der Waals surface area contributed by atoms with Crippen molar-refractivity contribution in [2.24, 2.45) is 0 Å². The standard InChI is InChI=1S/C26H26N4OS/c1-18-10-12-20(13-11-18)16-24-27-26(32-28-24)29-14-15-30(19(2)17-29)25(31)23-9-5-7-21-6-3-4-8-22(21)23/h3-13,19H,14-17H2,1-2H3. The van der Waals surface area contributed by atoms with E-state index >= 15 is 0 Å². The third-order valence-corrected chi connectivity index (χ3v) is 6.93. The van der Waals surface area contributed by atoms with Gasteiger partial charge in [0.05, 0.1) is 0 Å². The number of nitrogens with zero attached hydrogens (tertiary/aromatic N) is 4. The fraction of sp³-hybridized carbons (Fsp3) is 0.269. The summed E-state index contributed by atoms with van der Waals surface area (Å²) >= 11 is 1.45. The molecule has 1 aliphatic heterocycles. The number of anilines is 1. The van der Waals surface area contributed by atoms with Crippen LogP contribution < -0.4 is 4.90 Å². The number of carbonyl (C=O) groups excluding carboxylic acids is 1. The zero-order valence-electron chi connectivity index (χ0n) is 18.4. The molecule has 1 atom stereocenters. The SMILES string of the molecule is Cc1ccc(Cc2nsc(N3CCN(C(=O)c4cccc5ccccc45)C(C)C3)n2)cc1. The first kappa shape index (κ1) is 20.6. The molecule has 2 heterocycles. The minimum Gasteiger partial charge on any atom is -0.343 e. The molecule has 0 radical (unpaired) electrons. The first-order valence-electron chi connectivity index (χ1n) is 11.0. The van der Waals surface area contributed by atoms with Gasteiger partial charge in [0.1, 0.15) is 5.82 Å². The number of piperazine rings is 1. The second kappa shape index (κ2) is 8.71. The van der Waals surface area contributed by atoms with Gasteiger partial charge in [0.25, 0.3) is 5.91 Å². The second-order valence-corrected chi connectivity index (χ2v) is 9.21. The predicted octanol–water partition coefficient (Wildman–Crippen LogP) is 4.94. The number of amides is 1. The average molecular weight is 443 g/mol. The first-order chi connectivity index (χ1) is 15.6. The molecular weight excluding hydrogens is 416 g/mol. The van der Waals surface area contributed by atoms with E-state index in [0.29, 0.717) is 6.54 Å². The van der Waals surface area contributed by atoms with Crippen molar-refractivity contribution in [3.05, 3.63) is 89.2 Å². The van der Waals surface area contributed by atoms with Gasteiger partial charge in [0.15, 0.2) is 0 Å². The Hall–Kier alpha value is -3.25. The number of aryl methyl sites for hydroxylation is 1. The molecule has 162 valence electrons. The third-order valence-electron chi connectivity index (χ3n) is 6.12. The van der Waals surface area contributed by atoms with Crippen molar-refractivity contribution in [2.45, 2.75) is 26.3 Å². The summed E-state index contributed by atoms with van der Waals surface area (Å²) in [5, 5.41) is 3.05. The lowest BCUT2D eigenvalue weighted by Gasteiger charge is -2.39. The summed E-state index contributed by atoms with van der Waals surface area (Å²) in [6.07, 6.45) is 0.742. The summed E-state index contributed by atoms with van der Waals surface area (Å²) in [6.45, 7) is 6.41. The molecular formula is C26H26N4OS. The first-order valence-corrected chi connectivity index (χ1v) is 11.8. The Bertz CT molecular complexity index is 1240. The molecule has 0 N–H and O–H groups in total. The monoisotopic (exact) mass is 442 g/mol. The van der Waals surface area contributed by atoms with Gasteiger partial charge in [-0.3, -0.25) is 4.79 Å². The second-order valence-electron chi connectivity index (χ2n) is 8.48. The van der Waals surface area contributed by atoms with Crippen molar-refractivity contribution in [3.63, 3.8) is 0 Å². The van der Waals surface area contributed by atoms with Crippen LogP contribution in [0.3, 0.4) is 0 Å². The maximum atomic E-state index is 13.4. The van der Waals surface area contributed by atoms with Crippen LogP contribution in [0, 0.1) is 6.92 Å². The van der Waals surface area contributed by atoms with Crippen LogP contribution in [0.1, 0.15) is 34.2 Å². The zero-order valence-corrected chi connectivity index (χ0v) is 19.2. The van der Waals surface area contributed by atoms with Crippen LogP contribution in [0.4, 0.5) is 5.13 Å². The fourth-order valence-corrected chi connectivity index (χ4v) is 5.05. The quantitative estimate of drug-likeness (QED) is 0.449. The van der Waals surface area contributed by atoms with E-state index in [4.69, 9.17) is 4.98 Å². The normalized spacial score (nSPS) is 16.5. The highest BCUT2D eigenvalue weighted by molar-refractivity contribution is 7.09. The molecule has 0 bridgehead atoms. The molecule has 6 heteroatoms. The summed E-state index contributed by atoms with van der Waals surface area (Å²) in [4.78, 5) is 22.4. The minimum atomic E-state index is 0.0969. The van der Waals surface area contributed by atoms with E-state index in [1.165, 1.54) is 22.7 Å². The summed E-state index contributed by atoms with van der Waals surface area (Å²) < 4.78 is 4.58. The molecule has 1 fully saturated rings. The van der Waals surface area contributed by atoms with Gasteiger partial charge in [0, 0.05) is 49.2 Å². The van der Waals surface area contributed by atoms with Crippen molar-refractivity contribution in [1.29, 1.82) is 0 Å². The Labute approximate surface area is 192 Å². The van der Waals surface area contributed by atoms with Gasteiger partial charge in [-0.05, 0) is 36.2 Å². The Morgan fingerprint density at radius 3 is 2.62 bits per heavy atom. The smallest absolute Gasteiger partial charge is 0.254 e. The summed E-state index contributed by atoms with van der Waals surface area (Å²) in [7, 11) is 0. The Balaban J connectivity index is 1.28. The van der Waals surface area contributed by atoms with E-state index in [1.807, 2.05) is 35.2 Å². The van der Waals surface area contributed by atoms with Gasteiger partial charge < -0.3 is 9.80 Å². The summed E-state index contributed by atoms with van der Waals surface area (Å²) in [5.74, 6) is 0.960.